The molecule has 3 aromatic carbocycles. The lowest BCUT2D eigenvalue weighted by Gasteiger charge is -2.29. The van der Waals surface area contributed by atoms with Crippen LogP contribution in [0.15, 0.2) is 78.9 Å². The maximum absolute atomic E-state index is 13.2. The number of nitrogens with two attached hydrogens (primary N) is 1. The topological polar surface area (TPSA) is 64.3 Å². The highest BCUT2D eigenvalue weighted by Crippen LogP contribution is 2.31. The third kappa shape index (κ3) is 7.17. The number of halogens is 3. The van der Waals surface area contributed by atoms with Gasteiger partial charge in [0.15, 0.2) is 0 Å². The van der Waals surface area contributed by atoms with Crippen LogP contribution in [-0.2, 0) is 22.3 Å². The van der Waals surface area contributed by atoms with Gasteiger partial charge in [-0.2, -0.15) is 13.2 Å². The Kier molecular flexibility index (Phi) is 8.25. The summed E-state index contributed by atoms with van der Waals surface area (Å²) in [4.78, 5) is 11.5. The maximum atomic E-state index is 13.2. The summed E-state index contributed by atoms with van der Waals surface area (Å²) in [5, 5.41) is 3.17. The first-order valence-corrected chi connectivity index (χ1v) is 10.6. The molecule has 0 saturated carbocycles. The number of carbonyl (C=O) groups is 1. The lowest BCUT2D eigenvalue weighted by atomic mass is 9.85. The fourth-order valence-electron chi connectivity index (χ4n) is 3.90. The Balaban J connectivity index is 1.83. The van der Waals surface area contributed by atoms with Crippen LogP contribution >= 0.6 is 0 Å². The lowest BCUT2D eigenvalue weighted by molar-refractivity contribution is -0.137. The molecule has 0 bridgehead atoms. The molecule has 3 N–H and O–H groups in total. The van der Waals surface area contributed by atoms with Gasteiger partial charge in [0, 0.05) is 12.0 Å². The van der Waals surface area contributed by atoms with Crippen molar-refractivity contribution >= 4 is 5.91 Å². The number of alkyl halides is 3. The van der Waals surface area contributed by atoms with Crippen molar-refractivity contribution in [3.63, 3.8) is 0 Å². The quantitative estimate of drug-likeness (QED) is 0.460. The number of hydrogen-bond acceptors (Lipinski definition) is 3. The van der Waals surface area contributed by atoms with Gasteiger partial charge < -0.3 is 15.8 Å². The van der Waals surface area contributed by atoms with Gasteiger partial charge in [-0.05, 0) is 35.7 Å². The van der Waals surface area contributed by atoms with Gasteiger partial charge in [-0.25, -0.2) is 0 Å². The third-order valence-corrected chi connectivity index (χ3v) is 5.29. The largest absolute Gasteiger partial charge is 0.416 e. The van der Waals surface area contributed by atoms with Gasteiger partial charge >= 0.3 is 6.18 Å². The monoisotopic (exact) mass is 456 g/mol. The number of amides is 1. The van der Waals surface area contributed by atoms with Crippen LogP contribution in [0.1, 0.15) is 33.7 Å². The van der Waals surface area contributed by atoms with E-state index in [0.29, 0.717) is 11.1 Å². The van der Waals surface area contributed by atoms with Crippen molar-refractivity contribution in [2.45, 2.75) is 31.7 Å². The van der Waals surface area contributed by atoms with Gasteiger partial charge in [-0.1, -0.05) is 72.3 Å². The summed E-state index contributed by atoms with van der Waals surface area (Å²) in [5.74, 6) is -0.664. The van der Waals surface area contributed by atoms with E-state index < -0.39 is 17.6 Å². The van der Waals surface area contributed by atoms with Crippen molar-refractivity contribution in [3.8, 4) is 0 Å². The number of nitrogens with one attached hydrogen (secondary N) is 1. The lowest BCUT2D eigenvalue weighted by Crippen LogP contribution is -2.43. The van der Waals surface area contributed by atoms with Crippen LogP contribution in [0.2, 0.25) is 0 Å². The molecule has 7 heteroatoms. The standard InChI is InChI=1S/C26H27F3N2O2/c1-18-12-19(14-22(13-18)26(27,28)29)16-33-17-23(31-15-24(30)32)25(20-8-4-2-5-9-20)21-10-6-3-7-11-21/h2-14,23,25,31H,15-17H2,1H3,(H2,30,32). The predicted octanol–water partition coefficient (Wildman–Crippen LogP) is 4.81. The second-order valence-electron chi connectivity index (χ2n) is 7.97. The van der Waals surface area contributed by atoms with Crippen LogP contribution in [0.5, 0.6) is 0 Å². The molecular formula is C26H27F3N2O2. The van der Waals surface area contributed by atoms with Gasteiger partial charge in [0.05, 0.1) is 25.3 Å². The molecule has 1 atom stereocenters. The molecule has 0 spiro atoms. The minimum atomic E-state index is -4.42. The molecule has 0 saturated heterocycles. The second-order valence-corrected chi connectivity index (χ2v) is 7.97. The summed E-state index contributed by atoms with van der Waals surface area (Å²) < 4.78 is 45.4. The number of hydrogen-bond donors (Lipinski definition) is 2. The van der Waals surface area contributed by atoms with Gasteiger partial charge in [0.1, 0.15) is 0 Å². The highest BCUT2D eigenvalue weighted by atomic mass is 19.4. The van der Waals surface area contributed by atoms with Gasteiger partial charge in [-0.3, -0.25) is 4.79 Å². The Hall–Kier alpha value is -3.16. The van der Waals surface area contributed by atoms with Gasteiger partial charge in [0.2, 0.25) is 5.91 Å². The molecule has 3 aromatic rings. The minimum Gasteiger partial charge on any atom is -0.375 e. The van der Waals surface area contributed by atoms with E-state index >= 15 is 0 Å². The zero-order chi connectivity index (χ0) is 23.8. The first-order valence-electron chi connectivity index (χ1n) is 10.6. The Morgan fingerprint density at radius 2 is 1.55 bits per heavy atom. The summed E-state index contributed by atoms with van der Waals surface area (Å²) in [5.41, 5.74) is 7.65. The van der Waals surface area contributed by atoms with E-state index in [0.717, 1.165) is 23.3 Å². The molecular weight excluding hydrogens is 429 g/mol. The number of carbonyl (C=O) groups excluding carboxylic acids is 1. The fourth-order valence-corrected chi connectivity index (χ4v) is 3.90. The highest BCUT2D eigenvalue weighted by Gasteiger charge is 2.31. The molecule has 1 amide bonds. The highest BCUT2D eigenvalue weighted by molar-refractivity contribution is 5.75. The van der Waals surface area contributed by atoms with E-state index in [1.807, 2.05) is 60.7 Å². The van der Waals surface area contributed by atoms with Crippen molar-refractivity contribution in [3.05, 3.63) is 107 Å². The van der Waals surface area contributed by atoms with E-state index in [1.165, 1.54) is 0 Å². The summed E-state index contributed by atoms with van der Waals surface area (Å²) in [6.45, 7) is 1.75. The van der Waals surface area contributed by atoms with Crippen molar-refractivity contribution in [1.82, 2.24) is 5.32 Å². The number of benzene rings is 3. The van der Waals surface area contributed by atoms with Crippen molar-refractivity contribution < 1.29 is 22.7 Å². The summed E-state index contributed by atoms with van der Waals surface area (Å²) in [6, 6.07) is 23.1. The minimum absolute atomic E-state index is 0.00973. The predicted molar refractivity (Wildman–Crippen MR) is 122 cm³/mol. The molecule has 0 aromatic heterocycles. The molecule has 3 rings (SSSR count). The van der Waals surface area contributed by atoms with Crippen LogP contribution in [-0.4, -0.2) is 25.1 Å². The van der Waals surface area contributed by atoms with E-state index in [-0.39, 0.29) is 31.7 Å². The molecule has 0 heterocycles. The van der Waals surface area contributed by atoms with E-state index in [9.17, 15) is 18.0 Å². The SMILES string of the molecule is Cc1cc(COCC(NCC(N)=O)C(c2ccccc2)c2ccccc2)cc(C(F)(F)F)c1. The Bertz CT molecular complexity index is 1000. The average molecular weight is 457 g/mol. The smallest absolute Gasteiger partial charge is 0.375 e. The second kappa shape index (κ2) is 11.1. The van der Waals surface area contributed by atoms with Crippen LogP contribution < -0.4 is 11.1 Å². The first-order chi connectivity index (χ1) is 15.7. The van der Waals surface area contributed by atoms with Crippen molar-refractivity contribution in [2.75, 3.05) is 13.2 Å². The average Bonchev–Trinajstić information content (AvgIpc) is 2.78. The van der Waals surface area contributed by atoms with Crippen molar-refractivity contribution in [2.24, 2.45) is 5.73 Å². The summed E-state index contributed by atoms with van der Waals surface area (Å²) >= 11 is 0. The third-order valence-electron chi connectivity index (χ3n) is 5.29. The molecule has 174 valence electrons. The van der Waals surface area contributed by atoms with Gasteiger partial charge in [0.25, 0.3) is 0 Å². The molecule has 33 heavy (non-hydrogen) atoms. The molecule has 4 nitrogen and oxygen atoms in total. The zero-order valence-corrected chi connectivity index (χ0v) is 18.3. The van der Waals surface area contributed by atoms with Crippen LogP contribution in [0, 0.1) is 6.92 Å². The number of rotatable bonds is 10. The van der Waals surface area contributed by atoms with Crippen molar-refractivity contribution in [1.29, 1.82) is 0 Å². The number of aryl methyl sites for hydroxylation is 1. The number of ether oxygens (including phenoxy) is 1. The number of primary amides is 1. The molecule has 0 fully saturated rings. The molecule has 0 aliphatic heterocycles. The Morgan fingerprint density at radius 3 is 2.06 bits per heavy atom. The zero-order valence-electron chi connectivity index (χ0n) is 18.3. The Labute approximate surface area is 191 Å². The Morgan fingerprint density at radius 1 is 0.970 bits per heavy atom. The fraction of sp³-hybridized carbons (Fsp3) is 0.269. The molecule has 1 unspecified atom stereocenters. The van der Waals surface area contributed by atoms with E-state index in [4.69, 9.17) is 10.5 Å². The van der Waals surface area contributed by atoms with E-state index in [2.05, 4.69) is 5.32 Å². The van der Waals surface area contributed by atoms with Gasteiger partial charge in [-0.15, -0.1) is 0 Å². The molecule has 0 radical (unpaired) electrons. The maximum Gasteiger partial charge on any atom is 0.416 e. The van der Waals surface area contributed by atoms with E-state index in [1.54, 1.807) is 13.0 Å². The summed E-state index contributed by atoms with van der Waals surface area (Å²) in [6.07, 6.45) is -4.42. The van der Waals surface area contributed by atoms with Crippen LogP contribution in [0.4, 0.5) is 13.2 Å². The normalized spacial score (nSPS) is 12.6. The van der Waals surface area contributed by atoms with Crippen LogP contribution in [0.3, 0.4) is 0 Å². The molecule has 0 aliphatic rings. The summed E-state index contributed by atoms with van der Waals surface area (Å²) in [7, 11) is 0. The van der Waals surface area contributed by atoms with Crippen LogP contribution in [0.25, 0.3) is 0 Å². The molecule has 0 aliphatic carbocycles. The first kappa shape index (κ1) is 24.5.